The number of carbonyl (C=O) groups excluding carboxylic acids is 2. The Hall–Kier alpha value is -1.78. The Bertz CT molecular complexity index is 596. The van der Waals surface area contributed by atoms with Gasteiger partial charge in [-0.15, -0.1) is 24.4 Å². The number of rotatable bonds is 5. The fourth-order valence-electron chi connectivity index (χ4n) is 1.26. The van der Waals surface area contributed by atoms with Crippen molar-refractivity contribution in [2.24, 2.45) is 0 Å². The molecular weight excluding hydrogens is 336 g/mol. The highest BCUT2D eigenvalue weighted by molar-refractivity contribution is 7.99. The van der Waals surface area contributed by atoms with Gasteiger partial charge in [0.2, 0.25) is 0 Å². The zero-order valence-electron chi connectivity index (χ0n) is 14.1. The van der Waals surface area contributed by atoms with Crippen molar-refractivity contribution in [3.05, 3.63) is 73.3 Å². The Morgan fingerprint density at radius 2 is 1.46 bits per heavy atom. The predicted octanol–water partition coefficient (Wildman–Crippen LogP) is 5.49. The van der Waals surface area contributed by atoms with Crippen molar-refractivity contribution in [2.75, 3.05) is 5.75 Å². The monoisotopic (exact) mass is 360 g/mol. The van der Waals surface area contributed by atoms with Crippen molar-refractivity contribution < 1.29 is 9.59 Å². The van der Waals surface area contributed by atoms with Crippen molar-refractivity contribution in [2.45, 2.75) is 30.1 Å². The Morgan fingerprint density at radius 3 is 1.79 bits per heavy atom. The van der Waals surface area contributed by atoms with E-state index in [4.69, 9.17) is 0 Å². The Morgan fingerprint density at radius 1 is 1.00 bits per heavy atom. The van der Waals surface area contributed by atoms with Crippen LogP contribution in [0.25, 0.3) is 0 Å². The Labute approximate surface area is 154 Å². The summed E-state index contributed by atoms with van der Waals surface area (Å²) in [7, 11) is 0. The molecule has 0 N–H and O–H groups in total. The molecule has 0 amide bonds. The van der Waals surface area contributed by atoms with E-state index in [-0.39, 0.29) is 11.6 Å². The number of carbonyl (C=O) groups is 2. The van der Waals surface area contributed by atoms with E-state index in [1.54, 1.807) is 18.7 Å². The van der Waals surface area contributed by atoms with Gasteiger partial charge in [0, 0.05) is 22.0 Å². The summed E-state index contributed by atoms with van der Waals surface area (Å²) in [6.45, 7) is 6.31. The lowest BCUT2D eigenvalue weighted by atomic mass is 10.4. The molecule has 24 heavy (non-hydrogen) atoms. The highest BCUT2D eigenvalue weighted by Crippen LogP contribution is 2.17. The third-order valence-corrected chi connectivity index (χ3v) is 3.82. The molecule has 2 rings (SSSR count). The van der Waals surface area contributed by atoms with Crippen molar-refractivity contribution >= 4 is 36.0 Å². The van der Waals surface area contributed by atoms with Crippen LogP contribution in [-0.4, -0.2) is 17.3 Å². The molecule has 0 aromatic heterocycles. The molecule has 2 aromatic rings. The number of ketones is 2. The molecular formula is C20H24O2S2. The van der Waals surface area contributed by atoms with Crippen LogP contribution in [0.1, 0.15) is 20.3 Å². The normalized spacial score (nSPS) is 8.79. The van der Waals surface area contributed by atoms with E-state index in [9.17, 15) is 9.59 Å². The maximum absolute atomic E-state index is 10.6. The molecule has 0 bridgehead atoms. The molecule has 128 valence electrons. The van der Waals surface area contributed by atoms with Crippen LogP contribution in [0.3, 0.4) is 0 Å². The van der Waals surface area contributed by atoms with E-state index >= 15 is 0 Å². The maximum Gasteiger partial charge on any atom is 0.152 e. The summed E-state index contributed by atoms with van der Waals surface area (Å²) < 4.78 is 0. The van der Waals surface area contributed by atoms with Crippen LogP contribution < -0.4 is 0 Å². The van der Waals surface area contributed by atoms with Gasteiger partial charge >= 0.3 is 0 Å². The van der Waals surface area contributed by atoms with Gasteiger partial charge in [0.25, 0.3) is 0 Å². The number of thioether (sulfide) groups is 1. The van der Waals surface area contributed by atoms with Crippen LogP contribution in [0.4, 0.5) is 0 Å². The summed E-state index contributed by atoms with van der Waals surface area (Å²) in [5.41, 5.74) is 0. The minimum Gasteiger partial charge on any atom is -0.300 e. The first-order valence-corrected chi connectivity index (χ1v) is 8.93. The number of allylic oxidation sites excluding steroid dienone is 1. The van der Waals surface area contributed by atoms with Crippen LogP contribution in [0.2, 0.25) is 0 Å². The molecule has 0 radical (unpaired) electrons. The van der Waals surface area contributed by atoms with Crippen molar-refractivity contribution in [3.8, 4) is 0 Å². The highest BCUT2D eigenvalue weighted by Gasteiger charge is 1.94. The summed E-state index contributed by atoms with van der Waals surface area (Å²) in [4.78, 5) is 22.6. The second-order valence-corrected chi connectivity index (χ2v) is 6.45. The van der Waals surface area contributed by atoms with Gasteiger partial charge in [0.15, 0.2) is 5.78 Å². The van der Waals surface area contributed by atoms with Gasteiger partial charge in [-0.2, -0.15) is 0 Å². The van der Waals surface area contributed by atoms with Gasteiger partial charge in [0.05, 0.1) is 0 Å². The molecule has 0 saturated heterocycles. The second-order valence-electron chi connectivity index (χ2n) is 4.76. The molecule has 0 saturated carbocycles. The number of thiol groups is 1. The molecule has 0 heterocycles. The van der Waals surface area contributed by atoms with Crippen molar-refractivity contribution in [1.82, 2.24) is 0 Å². The topological polar surface area (TPSA) is 34.1 Å². The number of Topliss-reactive ketones (excluding diaryl/α,β-unsaturated/α-hetero) is 1. The van der Waals surface area contributed by atoms with Crippen LogP contribution in [0.15, 0.2) is 83.1 Å². The Balaban J connectivity index is 0.000000373. The van der Waals surface area contributed by atoms with E-state index in [2.05, 4.69) is 31.3 Å². The molecule has 0 spiro atoms. The molecule has 2 nitrogen and oxygen atoms in total. The number of hydrogen-bond acceptors (Lipinski definition) is 4. The summed E-state index contributed by atoms with van der Waals surface area (Å²) >= 11 is 5.81. The average Bonchev–Trinajstić information content (AvgIpc) is 2.57. The SMILES string of the molecule is C=CC(C)=O.CC(=O)CCSc1ccccc1.Sc1ccccc1. The van der Waals surface area contributed by atoms with Crippen molar-refractivity contribution in [3.63, 3.8) is 0 Å². The third kappa shape index (κ3) is 15.1. The zero-order chi connectivity index (χ0) is 18.2. The molecule has 0 aliphatic heterocycles. The molecule has 0 aliphatic rings. The molecule has 4 heteroatoms. The van der Waals surface area contributed by atoms with Gasteiger partial charge in [-0.25, -0.2) is 0 Å². The van der Waals surface area contributed by atoms with Gasteiger partial charge < -0.3 is 0 Å². The van der Waals surface area contributed by atoms with Crippen LogP contribution in [-0.2, 0) is 9.59 Å². The number of hydrogen-bond donors (Lipinski definition) is 1. The van der Waals surface area contributed by atoms with Crippen LogP contribution >= 0.6 is 24.4 Å². The summed E-state index contributed by atoms with van der Waals surface area (Å²) in [6, 6.07) is 19.9. The standard InChI is InChI=1S/C10H12OS.C6H6S.C4H6O/c1-9(11)7-8-12-10-5-3-2-4-6-10;7-6-4-2-1-3-5-6;1-3-4(2)5/h2-6H,7-8H2,1H3;1-5,7H;3H,1H2,2H3. The summed E-state index contributed by atoms with van der Waals surface area (Å²) in [5.74, 6) is 1.17. The number of benzene rings is 2. The van der Waals surface area contributed by atoms with E-state index in [0.717, 1.165) is 10.6 Å². The van der Waals surface area contributed by atoms with Gasteiger partial charge in [0.1, 0.15) is 5.78 Å². The van der Waals surface area contributed by atoms with Crippen LogP contribution in [0, 0.1) is 0 Å². The molecule has 0 atom stereocenters. The van der Waals surface area contributed by atoms with E-state index in [1.165, 1.54) is 17.9 Å². The maximum atomic E-state index is 10.6. The largest absolute Gasteiger partial charge is 0.300 e. The lowest BCUT2D eigenvalue weighted by Gasteiger charge is -1.97. The summed E-state index contributed by atoms with van der Waals surface area (Å²) in [5, 5.41) is 0. The quantitative estimate of drug-likeness (QED) is 0.435. The lowest BCUT2D eigenvalue weighted by molar-refractivity contribution is -0.116. The fraction of sp³-hybridized carbons (Fsp3) is 0.200. The third-order valence-electron chi connectivity index (χ3n) is 2.51. The molecule has 0 unspecified atom stereocenters. The summed E-state index contributed by atoms with van der Waals surface area (Å²) in [6.07, 6.45) is 1.94. The van der Waals surface area contributed by atoms with E-state index in [1.807, 2.05) is 48.5 Å². The average molecular weight is 361 g/mol. The molecule has 2 aromatic carbocycles. The first-order chi connectivity index (χ1) is 11.5. The second kappa shape index (κ2) is 14.8. The zero-order valence-corrected chi connectivity index (χ0v) is 15.9. The van der Waals surface area contributed by atoms with E-state index < -0.39 is 0 Å². The van der Waals surface area contributed by atoms with Gasteiger partial charge in [-0.3, -0.25) is 9.59 Å². The molecule has 0 fully saturated rings. The smallest absolute Gasteiger partial charge is 0.152 e. The lowest BCUT2D eigenvalue weighted by Crippen LogP contribution is -1.91. The minimum absolute atomic E-state index is 0.0185. The minimum atomic E-state index is 0.0185. The van der Waals surface area contributed by atoms with E-state index in [0.29, 0.717) is 6.42 Å². The van der Waals surface area contributed by atoms with Crippen molar-refractivity contribution in [1.29, 1.82) is 0 Å². The fourth-order valence-corrected chi connectivity index (χ4v) is 2.40. The Kier molecular flexibility index (Phi) is 13.7. The highest BCUT2D eigenvalue weighted by atomic mass is 32.2. The first kappa shape index (κ1) is 22.2. The molecule has 0 aliphatic carbocycles. The first-order valence-electron chi connectivity index (χ1n) is 7.50. The predicted molar refractivity (Wildman–Crippen MR) is 107 cm³/mol. The van der Waals surface area contributed by atoms with Gasteiger partial charge in [-0.1, -0.05) is 43.0 Å². The van der Waals surface area contributed by atoms with Gasteiger partial charge in [-0.05, 0) is 44.2 Å². The van der Waals surface area contributed by atoms with Crippen LogP contribution in [0.5, 0.6) is 0 Å².